The molecule has 2 saturated heterocycles. The van der Waals surface area contributed by atoms with Crippen molar-refractivity contribution >= 4 is 5.91 Å². The number of halogens is 2. The summed E-state index contributed by atoms with van der Waals surface area (Å²) < 4.78 is 26.4. The first-order valence-electron chi connectivity index (χ1n) is 7.30. The Hall–Kier alpha value is -1.53. The number of rotatable bonds is 3. The molecule has 2 aliphatic rings. The Bertz CT molecular complexity index is 526. The van der Waals surface area contributed by atoms with Gasteiger partial charge < -0.3 is 10.2 Å². The maximum Gasteiger partial charge on any atom is 0.227 e. The molecule has 4 nitrogen and oxygen atoms in total. The summed E-state index contributed by atoms with van der Waals surface area (Å²) in [5.41, 5.74) is 0.257. The third-order valence-corrected chi connectivity index (χ3v) is 4.24. The van der Waals surface area contributed by atoms with Crippen LogP contribution in [0.3, 0.4) is 0 Å². The molecule has 0 aromatic heterocycles. The fourth-order valence-electron chi connectivity index (χ4n) is 2.88. The zero-order valence-electron chi connectivity index (χ0n) is 11.8. The highest BCUT2D eigenvalue weighted by molar-refractivity contribution is 5.79. The zero-order chi connectivity index (χ0) is 14.8. The normalized spacial score (nSPS) is 20.4. The molecule has 0 unspecified atom stereocenters. The number of nitrogens with one attached hydrogen (secondary N) is 1. The van der Waals surface area contributed by atoms with Crippen LogP contribution in [0, 0.1) is 11.6 Å². The van der Waals surface area contributed by atoms with Crippen molar-refractivity contribution in [1.82, 2.24) is 15.1 Å². The summed E-state index contributed by atoms with van der Waals surface area (Å²) in [4.78, 5) is 16.2. The van der Waals surface area contributed by atoms with E-state index in [1.807, 2.05) is 0 Å². The largest absolute Gasteiger partial charge is 0.339 e. The number of likely N-dealkylation sites (tertiary alicyclic amines) is 1. The molecule has 6 heteroatoms. The summed E-state index contributed by atoms with van der Waals surface area (Å²) in [5.74, 6) is -1.36. The molecule has 114 valence electrons. The highest BCUT2D eigenvalue weighted by Gasteiger charge is 2.35. The first-order valence-corrected chi connectivity index (χ1v) is 7.30. The van der Waals surface area contributed by atoms with Gasteiger partial charge in [-0.3, -0.25) is 9.69 Å². The lowest BCUT2D eigenvalue weighted by atomic mass is 10.0. The summed E-state index contributed by atoms with van der Waals surface area (Å²) in [6.07, 6.45) is 0.000386. The van der Waals surface area contributed by atoms with Crippen LogP contribution in [0.4, 0.5) is 8.78 Å². The topological polar surface area (TPSA) is 35.6 Å². The minimum atomic E-state index is -0.650. The minimum absolute atomic E-state index is 0.000386. The van der Waals surface area contributed by atoms with E-state index >= 15 is 0 Å². The van der Waals surface area contributed by atoms with Crippen LogP contribution in [0.1, 0.15) is 5.56 Å². The first-order chi connectivity index (χ1) is 10.1. The third-order valence-electron chi connectivity index (χ3n) is 4.24. The molecule has 1 N–H and O–H groups in total. The van der Waals surface area contributed by atoms with Gasteiger partial charge in [0.15, 0.2) is 0 Å². The second-order valence-corrected chi connectivity index (χ2v) is 5.65. The maximum absolute atomic E-state index is 13.5. The highest BCUT2D eigenvalue weighted by atomic mass is 19.1. The molecule has 0 radical (unpaired) electrons. The number of carbonyl (C=O) groups excluding carboxylic acids is 1. The lowest BCUT2D eigenvalue weighted by Gasteiger charge is -2.46. The van der Waals surface area contributed by atoms with Crippen molar-refractivity contribution < 1.29 is 13.6 Å². The van der Waals surface area contributed by atoms with Crippen molar-refractivity contribution in [2.45, 2.75) is 12.5 Å². The molecule has 2 fully saturated rings. The van der Waals surface area contributed by atoms with Crippen molar-refractivity contribution in [3.05, 3.63) is 35.4 Å². The van der Waals surface area contributed by atoms with E-state index in [4.69, 9.17) is 0 Å². The van der Waals surface area contributed by atoms with E-state index in [1.165, 1.54) is 12.1 Å². The van der Waals surface area contributed by atoms with Crippen LogP contribution < -0.4 is 5.32 Å². The van der Waals surface area contributed by atoms with Crippen LogP contribution in [0.15, 0.2) is 18.2 Å². The number of nitrogens with zero attached hydrogens (tertiary/aromatic N) is 2. The van der Waals surface area contributed by atoms with Crippen molar-refractivity contribution in [1.29, 1.82) is 0 Å². The van der Waals surface area contributed by atoms with Crippen LogP contribution in [0.25, 0.3) is 0 Å². The van der Waals surface area contributed by atoms with E-state index in [0.717, 1.165) is 32.2 Å². The predicted octanol–water partition coefficient (Wildman–Crippen LogP) is 0.623. The quantitative estimate of drug-likeness (QED) is 0.888. The Morgan fingerprint density at radius 2 is 1.95 bits per heavy atom. The molecular weight excluding hydrogens is 276 g/mol. The lowest BCUT2D eigenvalue weighted by Crippen LogP contribution is -2.64. The lowest BCUT2D eigenvalue weighted by molar-refractivity contribution is -0.138. The van der Waals surface area contributed by atoms with Gasteiger partial charge in [0.2, 0.25) is 5.91 Å². The summed E-state index contributed by atoms with van der Waals surface area (Å²) in [6.45, 7) is 5.43. The molecule has 1 aromatic carbocycles. The van der Waals surface area contributed by atoms with E-state index in [0.29, 0.717) is 19.1 Å². The van der Waals surface area contributed by atoms with Gasteiger partial charge in [-0.2, -0.15) is 0 Å². The van der Waals surface area contributed by atoms with Gasteiger partial charge in [-0.1, -0.05) is 6.07 Å². The average molecular weight is 295 g/mol. The smallest absolute Gasteiger partial charge is 0.227 e. The van der Waals surface area contributed by atoms with Crippen molar-refractivity contribution in [3.63, 3.8) is 0 Å². The average Bonchev–Trinajstić information content (AvgIpc) is 2.41. The van der Waals surface area contributed by atoms with Gasteiger partial charge in [0.05, 0.1) is 6.42 Å². The molecule has 2 aliphatic heterocycles. The molecule has 0 bridgehead atoms. The molecular formula is C15H19F2N3O. The number of hydrogen-bond donors (Lipinski definition) is 1. The first kappa shape index (κ1) is 14.4. The van der Waals surface area contributed by atoms with Gasteiger partial charge in [-0.25, -0.2) is 8.78 Å². The van der Waals surface area contributed by atoms with Gasteiger partial charge in [0.1, 0.15) is 11.6 Å². The van der Waals surface area contributed by atoms with E-state index < -0.39 is 11.6 Å². The van der Waals surface area contributed by atoms with E-state index in [1.54, 1.807) is 4.90 Å². The van der Waals surface area contributed by atoms with Gasteiger partial charge >= 0.3 is 0 Å². The molecule has 2 heterocycles. The van der Waals surface area contributed by atoms with Crippen molar-refractivity contribution in [2.75, 3.05) is 39.3 Å². The van der Waals surface area contributed by atoms with Gasteiger partial charge in [0, 0.05) is 51.4 Å². The minimum Gasteiger partial charge on any atom is -0.339 e. The number of amides is 1. The van der Waals surface area contributed by atoms with Crippen LogP contribution in [-0.2, 0) is 11.2 Å². The molecule has 21 heavy (non-hydrogen) atoms. The number of piperazine rings is 1. The summed E-state index contributed by atoms with van der Waals surface area (Å²) in [5, 5.41) is 3.30. The van der Waals surface area contributed by atoms with Crippen LogP contribution in [-0.4, -0.2) is 61.0 Å². The SMILES string of the molecule is O=C(Cc1ccc(F)cc1F)N1CC(N2CCNCC2)C1. The Morgan fingerprint density at radius 3 is 2.62 bits per heavy atom. The van der Waals surface area contributed by atoms with Gasteiger partial charge in [-0.15, -0.1) is 0 Å². The van der Waals surface area contributed by atoms with Crippen molar-refractivity contribution in [2.24, 2.45) is 0 Å². The second kappa shape index (κ2) is 6.07. The predicted molar refractivity (Wildman–Crippen MR) is 74.9 cm³/mol. The molecule has 1 amide bonds. The number of carbonyl (C=O) groups is 1. The van der Waals surface area contributed by atoms with Crippen molar-refractivity contribution in [3.8, 4) is 0 Å². The molecule has 3 rings (SSSR count). The van der Waals surface area contributed by atoms with Crippen LogP contribution in [0.5, 0.6) is 0 Å². The maximum atomic E-state index is 13.5. The van der Waals surface area contributed by atoms with E-state index in [9.17, 15) is 13.6 Å². The molecule has 0 saturated carbocycles. The fraction of sp³-hybridized carbons (Fsp3) is 0.533. The summed E-state index contributed by atoms with van der Waals surface area (Å²) in [6, 6.07) is 3.78. The zero-order valence-corrected chi connectivity index (χ0v) is 11.8. The molecule has 0 aliphatic carbocycles. The highest BCUT2D eigenvalue weighted by Crippen LogP contribution is 2.18. The molecule has 0 spiro atoms. The monoisotopic (exact) mass is 295 g/mol. The standard InChI is InChI=1S/C15H19F2N3O/c16-12-2-1-11(14(17)8-12)7-15(21)20-9-13(10-20)19-5-3-18-4-6-19/h1-2,8,13,18H,3-7,9-10H2. The summed E-state index contributed by atoms with van der Waals surface area (Å²) >= 11 is 0. The molecule has 1 aromatic rings. The second-order valence-electron chi connectivity index (χ2n) is 5.65. The third kappa shape index (κ3) is 3.22. The van der Waals surface area contributed by atoms with Gasteiger partial charge in [-0.05, 0) is 11.6 Å². The molecule has 0 atom stereocenters. The van der Waals surface area contributed by atoms with E-state index in [2.05, 4.69) is 10.2 Å². The number of benzene rings is 1. The Morgan fingerprint density at radius 1 is 1.24 bits per heavy atom. The fourth-order valence-corrected chi connectivity index (χ4v) is 2.88. The Kier molecular flexibility index (Phi) is 4.17. The summed E-state index contributed by atoms with van der Waals surface area (Å²) in [7, 11) is 0. The van der Waals surface area contributed by atoms with Crippen LogP contribution in [0.2, 0.25) is 0 Å². The van der Waals surface area contributed by atoms with Crippen LogP contribution >= 0.6 is 0 Å². The van der Waals surface area contributed by atoms with Gasteiger partial charge in [0.25, 0.3) is 0 Å². The van der Waals surface area contributed by atoms with E-state index in [-0.39, 0.29) is 17.9 Å². The Balaban J connectivity index is 1.51. The number of hydrogen-bond acceptors (Lipinski definition) is 3. The Labute approximate surface area is 122 Å².